The number of rotatable bonds is 14. The SMILES string of the molecule is Cc1c(-c2nc3cc(CN(C)C)c(OCc4ccc(S(C)(=O)=O)cc4)cc3o2)cccc1-c1cccc(-c2nc3cc(COC(=O)[C@@H]4CCCN4)c(OC(F)F)cc3o2)c1C. The molecule has 1 aliphatic rings. The van der Waals surface area contributed by atoms with Gasteiger partial charge >= 0.3 is 12.6 Å². The molecule has 316 valence electrons. The summed E-state index contributed by atoms with van der Waals surface area (Å²) in [5.74, 6) is 0.738. The zero-order chi connectivity index (χ0) is 43.0. The number of oxazole rings is 2. The van der Waals surface area contributed by atoms with Crippen LogP contribution in [-0.2, 0) is 39.1 Å². The molecule has 61 heavy (non-hydrogen) atoms. The molecule has 5 aromatic carbocycles. The second-order valence-corrected chi connectivity index (χ2v) is 17.4. The summed E-state index contributed by atoms with van der Waals surface area (Å²) in [4.78, 5) is 24.5. The number of benzene rings is 5. The number of hydrogen-bond acceptors (Lipinski definition) is 12. The highest BCUT2D eigenvalue weighted by Gasteiger charge is 2.25. The monoisotopic (exact) mass is 850 g/mol. The molecule has 15 heteroatoms. The molecule has 1 aliphatic heterocycles. The topological polar surface area (TPSA) is 146 Å². The van der Waals surface area contributed by atoms with Crippen LogP contribution >= 0.6 is 0 Å². The maximum Gasteiger partial charge on any atom is 0.387 e. The summed E-state index contributed by atoms with van der Waals surface area (Å²) in [5, 5.41) is 3.08. The third-order valence-corrected chi connectivity index (χ3v) is 11.9. The average molecular weight is 851 g/mol. The molecular formula is C46H44F2N4O8S. The van der Waals surface area contributed by atoms with Crippen molar-refractivity contribution in [2.75, 3.05) is 26.9 Å². The van der Waals surface area contributed by atoms with Crippen LogP contribution in [-0.4, -0.2) is 68.8 Å². The van der Waals surface area contributed by atoms with Gasteiger partial charge in [-0.05, 0) is 112 Å². The van der Waals surface area contributed by atoms with Gasteiger partial charge in [0.1, 0.15) is 41.8 Å². The number of carbonyl (C=O) groups excluding carboxylic acids is 1. The van der Waals surface area contributed by atoms with Crippen molar-refractivity contribution >= 4 is 38.0 Å². The number of carbonyl (C=O) groups is 1. The van der Waals surface area contributed by atoms with E-state index in [2.05, 4.69) is 5.32 Å². The first kappa shape index (κ1) is 41.6. The maximum atomic E-state index is 13.5. The zero-order valence-electron chi connectivity index (χ0n) is 34.3. The molecule has 0 bridgehead atoms. The Balaban J connectivity index is 1.08. The van der Waals surface area contributed by atoms with Gasteiger partial charge in [-0.3, -0.25) is 4.79 Å². The van der Waals surface area contributed by atoms with Crippen molar-refractivity contribution in [3.8, 4) is 45.5 Å². The smallest absolute Gasteiger partial charge is 0.387 e. The summed E-state index contributed by atoms with van der Waals surface area (Å²) in [6, 6.07) is 24.6. The number of hydrogen-bond donors (Lipinski definition) is 1. The van der Waals surface area contributed by atoms with E-state index in [1.807, 2.05) is 81.4 Å². The first-order chi connectivity index (χ1) is 29.2. The van der Waals surface area contributed by atoms with Gasteiger partial charge in [0.15, 0.2) is 21.0 Å². The lowest BCUT2D eigenvalue weighted by Gasteiger charge is -2.15. The van der Waals surface area contributed by atoms with Crippen molar-refractivity contribution in [1.82, 2.24) is 20.2 Å². The zero-order valence-corrected chi connectivity index (χ0v) is 35.1. The Hall–Kier alpha value is -6.16. The lowest BCUT2D eigenvalue weighted by molar-refractivity contribution is -0.147. The fourth-order valence-corrected chi connectivity index (χ4v) is 8.22. The molecule has 0 spiro atoms. The Morgan fingerprint density at radius 3 is 1.93 bits per heavy atom. The summed E-state index contributed by atoms with van der Waals surface area (Å²) in [6.07, 6.45) is 2.68. The number of nitrogens with one attached hydrogen (secondary N) is 1. The first-order valence-corrected chi connectivity index (χ1v) is 21.6. The Morgan fingerprint density at radius 1 is 0.820 bits per heavy atom. The van der Waals surface area contributed by atoms with Crippen LogP contribution in [0.1, 0.15) is 40.7 Å². The van der Waals surface area contributed by atoms with Crippen LogP contribution < -0.4 is 14.8 Å². The molecule has 0 radical (unpaired) electrons. The van der Waals surface area contributed by atoms with Crippen molar-refractivity contribution in [2.24, 2.45) is 0 Å². The van der Waals surface area contributed by atoms with E-state index in [0.29, 0.717) is 53.3 Å². The number of sulfone groups is 1. The van der Waals surface area contributed by atoms with Gasteiger partial charge in [-0.15, -0.1) is 0 Å². The third kappa shape index (κ3) is 8.99. The van der Waals surface area contributed by atoms with E-state index in [0.717, 1.165) is 45.4 Å². The first-order valence-electron chi connectivity index (χ1n) is 19.7. The highest BCUT2D eigenvalue weighted by molar-refractivity contribution is 7.90. The number of alkyl halides is 2. The molecule has 12 nitrogen and oxygen atoms in total. The van der Waals surface area contributed by atoms with E-state index < -0.39 is 28.5 Å². The summed E-state index contributed by atoms with van der Waals surface area (Å²) < 4.78 is 79.9. The van der Waals surface area contributed by atoms with Gasteiger partial charge < -0.3 is 33.3 Å². The van der Waals surface area contributed by atoms with Crippen LogP contribution in [0.4, 0.5) is 8.78 Å². The van der Waals surface area contributed by atoms with Crippen LogP contribution in [0.25, 0.3) is 56.2 Å². The Kier molecular flexibility index (Phi) is 11.6. The fourth-order valence-electron chi connectivity index (χ4n) is 7.59. The predicted molar refractivity (Wildman–Crippen MR) is 226 cm³/mol. The van der Waals surface area contributed by atoms with Crippen LogP contribution in [0.2, 0.25) is 0 Å². The fraction of sp³-hybridized carbons (Fsp3) is 0.283. The predicted octanol–water partition coefficient (Wildman–Crippen LogP) is 9.03. The van der Waals surface area contributed by atoms with E-state index in [1.165, 1.54) is 12.3 Å². The van der Waals surface area contributed by atoms with Gasteiger partial charge in [0.25, 0.3) is 0 Å². The van der Waals surface area contributed by atoms with Crippen LogP contribution in [0, 0.1) is 13.8 Å². The summed E-state index contributed by atoms with van der Waals surface area (Å²) in [7, 11) is 0.628. The van der Waals surface area contributed by atoms with Gasteiger partial charge in [0.05, 0.1) is 4.90 Å². The Morgan fingerprint density at radius 2 is 1.39 bits per heavy atom. The van der Waals surface area contributed by atoms with E-state index in [1.54, 1.807) is 30.3 Å². The van der Waals surface area contributed by atoms with E-state index in [9.17, 15) is 22.0 Å². The van der Waals surface area contributed by atoms with Gasteiger partial charge in [0, 0.05) is 47.2 Å². The van der Waals surface area contributed by atoms with Gasteiger partial charge in [0.2, 0.25) is 11.8 Å². The van der Waals surface area contributed by atoms with E-state index in [4.69, 9.17) is 33.0 Å². The normalized spacial score (nSPS) is 14.4. The van der Waals surface area contributed by atoms with Crippen molar-refractivity contribution in [1.29, 1.82) is 0 Å². The van der Waals surface area contributed by atoms with Crippen LogP contribution in [0.5, 0.6) is 11.5 Å². The van der Waals surface area contributed by atoms with Crippen LogP contribution in [0.3, 0.4) is 0 Å². The quantitative estimate of drug-likeness (QED) is 0.104. The van der Waals surface area contributed by atoms with Crippen molar-refractivity contribution in [2.45, 2.75) is 64.0 Å². The maximum absolute atomic E-state index is 13.5. The molecule has 0 unspecified atom stereocenters. The Labute approximate surface area is 351 Å². The largest absolute Gasteiger partial charge is 0.488 e. The number of fused-ring (bicyclic) bond motifs is 2. The summed E-state index contributed by atoms with van der Waals surface area (Å²) in [6.45, 7) is 2.14. The molecular weight excluding hydrogens is 807 g/mol. The minimum absolute atomic E-state index is 0.161. The van der Waals surface area contributed by atoms with Crippen molar-refractivity contribution < 1.29 is 45.0 Å². The molecule has 8 rings (SSSR count). The van der Waals surface area contributed by atoms with Crippen LogP contribution in [0.15, 0.2) is 98.7 Å². The highest BCUT2D eigenvalue weighted by atomic mass is 32.2. The average Bonchev–Trinajstić information content (AvgIpc) is 3.99. The second-order valence-electron chi connectivity index (χ2n) is 15.4. The number of nitrogens with zero attached hydrogens (tertiary/aromatic N) is 3. The molecule has 3 heterocycles. The molecule has 2 aromatic heterocycles. The minimum atomic E-state index is -3.31. The molecule has 0 amide bonds. The third-order valence-electron chi connectivity index (χ3n) is 10.7. The standard InChI is InChI=1S/C46H44F2N4O8S/c1-26-32(9-6-11-34(26)43-50-37-19-29(23-52(3)4)39(21-41(37)58-43)56-24-28-14-16-31(17-15-28)61(5,54)55)33-10-7-12-35(27(33)2)44-51-38-20-30(25-57-45(53)36-13-8-18-49-36)40(60-46(47)48)22-42(38)59-44/h6-7,9-12,14-17,19-22,36,46,49H,8,13,18,23-25H2,1-5H3/t36-/m0/s1. The molecule has 0 aliphatic carbocycles. The highest BCUT2D eigenvalue weighted by Crippen LogP contribution is 2.39. The molecule has 1 fully saturated rings. The molecule has 7 aromatic rings. The lowest BCUT2D eigenvalue weighted by atomic mass is 9.91. The number of halogens is 2. The van der Waals surface area contributed by atoms with E-state index in [-0.39, 0.29) is 40.9 Å². The molecule has 1 atom stereocenters. The molecule has 1 saturated heterocycles. The number of aromatic nitrogens is 2. The van der Waals surface area contributed by atoms with Crippen molar-refractivity contribution in [3.05, 3.63) is 113 Å². The number of esters is 1. The van der Waals surface area contributed by atoms with Crippen molar-refractivity contribution in [3.63, 3.8) is 0 Å². The lowest BCUT2D eigenvalue weighted by Crippen LogP contribution is -2.32. The summed E-state index contributed by atoms with van der Waals surface area (Å²) in [5.41, 5.74) is 8.97. The summed E-state index contributed by atoms with van der Waals surface area (Å²) >= 11 is 0. The molecule has 0 saturated carbocycles. The second kappa shape index (κ2) is 17.1. The molecule has 1 N–H and O–H groups in total. The van der Waals surface area contributed by atoms with Gasteiger partial charge in [-0.25, -0.2) is 18.4 Å². The number of ether oxygens (including phenoxy) is 3. The van der Waals surface area contributed by atoms with E-state index >= 15 is 0 Å². The minimum Gasteiger partial charge on any atom is -0.488 e. The van der Waals surface area contributed by atoms with Gasteiger partial charge in [-0.2, -0.15) is 8.78 Å². The van der Waals surface area contributed by atoms with Gasteiger partial charge in [-0.1, -0.05) is 36.4 Å². The Bertz CT molecular complexity index is 2870.